The van der Waals surface area contributed by atoms with E-state index in [-0.39, 0.29) is 6.04 Å². The van der Waals surface area contributed by atoms with Crippen LogP contribution < -0.4 is 16.0 Å². The molecule has 1 aromatic carbocycles. The zero-order valence-corrected chi connectivity index (χ0v) is 12.4. The summed E-state index contributed by atoms with van der Waals surface area (Å²) in [7, 11) is 1.67. The number of hydrazine groups is 1. The molecule has 0 saturated heterocycles. The van der Waals surface area contributed by atoms with Crippen LogP contribution in [-0.4, -0.2) is 7.11 Å². The average Bonchev–Trinajstić information content (AvgIpc) is 2.43. The van der Waals surface area contributed by atoms with E-state index in [1.165, 1.54) is 25.7 Å². The summed E-state index contributed by atoms with van der Waals surface area (Å²) in [5, 5.41) is 0.689. The van der Waals surface area contributed by atoms with Crippen LogP contribution >= 0.6 is 11.6 Å². The van der Waals surface area contributed by atoms with Crippen LogP contribution in [0.3, 0.4) is 0 Å². The zero-order valence-electron chi connectivity index (χ0n) is 11.7. The van der Waals surface area contributed by atoms with Gasteiger partial charge in [0.1, 0.15) is 5.75 Å². The van der Waals surface area contributed by atoms with E-state index in [9.17, 15) is 0 Å². The topological polar surface area (TPSA) is 47.3 Å². The van der Waals surface area contributed by atoms with Crippen LogP contribution in [-0.2, 0) is 0 Å². The Balaban J connectivity index is 2.21. The van der Waals surface area contributed by atoms with E-state index in [1.807, 2.05) is 18.2 Å². The van der Waals surface area contributed by atoms with Crippen molar-refractivity contribution in [1.29, 1.82) is 0 Å². The molecule has 106 valence electrons. The molecule has 0 aromatic heterocycles. The van der Waals surface area contributed by atoms with E-state index in [0.29, 0.717) is 10.9 Å². The normalized spacial score (nSPS) is 25.1. The lowest BCUT2D eigenvalue weighted by Gasteiger charge is -2.33. The number of ether oxygens (including phenoxy) is 1. The number of benzene rings is 1. The maximum atomic E-state index is 6.02. The standard InChI is InChI=1S/C15H23ClN2O/c1-10-3-5-11(6-4-10)15(18-17)13-8-7-12(16)9-14(13)19-2/h7-11,15,18H,3-6,17H2,1-2H3. The minimum atomic E-state index is 0.139. The molecule has 1 fully saturated rings. The van der Waals surface area contributed by atoms with Crippen LogP contribution in [0.25, 0.3) is 0 Å². The van der Waals surface area contributed by atoms with Gasteiger partial charge in [0.2, 0.25) is 0 Å². The smallest absolute Gasteiger partial charge is 0.125 e. The quantitative estimate of drug-likeness (QED) is 0.654. The van der Waals surface area contributed by atoms with Gasteiger partial charge in [0.15, 0.2) is 0 Å². The molecule has 0 heterocycles. The molecule has 0 spiro atoms. The summed E-state index contributed by atoms with van der Waals surface area (Å²) in [5.41, 5.74) is 4.08. The van der Waals surface area contributed by atoms with Crippen molar-refractivity contribution >= 4 is 11.6 Å². The van der Waals surface area contributed by atoms with Crippen LogP contribution in [0.5, 0.6) is 5.75 Å². The molecule has 1 unspecified atom stereocenters. The van der Waals surface area contributed by atoms with Gasteiger partial charge in [-0.3, -0.25) is 11.3 Å². The van der Waals surface area contributed by atoms with Gasteiger partial charge in [0.25, 0.3) is 0 Å². The number of methoxy groups -OCH3 is 1. The first-order valence-corrected chi connectivity index (χ1v) is 7.33. The number of rotatable bonds is 4. The van der Waals surface area contributed by atoms with Crippen molar-refractivity contribution in [3.63, 3.8) is 0 Å². The molecule has 0 bridgehead atoms. The fourth-order valence-electron chi connectivity index (χ4n) is 3.04. The Kier molecular flexibility index (Phi) is 5.08. The van der Waals surface area contributed by atoms with Crippen LogP contribution in [0, 0.1) is 11.8 Å². The predicted molar refractivity (Wildman–Crippen MR) is 79.2 cm³/mol. The van der Waals surface area contributed by atoms with E-state index in [1.54, 1.807) is 7.11 Å². The highest BCUT2D eigenvalue weighted by Gasteiger charge is 2.28. The molecule has 0 aliphatic heterocycles. The lowest BCUT2D eigenvalue weighted by molar-refractivity contribution is 0.229. The molecule has 19 heavy (non-hydrogen) atoms. The summed E-state index contributed by atoms with van der Waals surface area (Å²) in [5.74, 6) is 8.01. The third-order valence-corrected chi connectivity index (χ3v) is 4.48. The molecule has 0 amide bonds. The summed E-state index contributed by atoms with van der Waals surface area (Å²) in [6.07, 6.45) is 4.97. The van der Waals surface area contributed by atoms with Crippen molar-refractivity contribution in [2.45, 2.75) is 38.6 Å². The van der Waals surface area contributed by atoms with E-state index in [0.717, 1.165) is 17.2 Å². The minimum absolute atomic E-state index is 0.139. The maximum Gasteiger partial charge on any atom is 0.125 e. The molecule has 1 aliphatic rings. The zero-order chi connectivity index (χ0) is 13.8. The van der Waals surface area contributed by atoms with E-state index >= 15 is 0 Å². The van der Waals surface area contributed by atoms with Crippen molar-refractivity contribution in [2.24, 2.45) is 17.7 Å². The monoisotopic (exact) mass is 282 g/mol. The van der Waals surface area contributed by atoms with E-state index in [2.05, 4.69) is 12.3 Å². The fourth-order valence-corrected chi connectivity index (χ4v) is 3.20. The van der Waals surface area contributed by atoms with E-state index < -0.39 is 0 Å². The second-order valence-electron chi connectivity index (χ2n) is 5.55. The van der Waals surface area contributed by atoms with Gasteiger partial charge in [0.05, 0.1) is 13.2 Å². The first-order valence-electron chi connectivity index (χ1n) is 6.95. The van der Waals surface area contributed by atoms with Crippen molar-refractivity contribution in [2.75, 3.05) is 7.11 Å². The first-order chi connectivity index (χ1) is 9.15. The maximum absolute atomic E-state index is 6.02. The van der Waals surface area contributed by atoms with Crippen LogP contribution in [0.2, 0.25) is 5.02 Å². The van der Waals surface area contributed by atoms with Gasteiger partial charge < -0.3 is 4.74 Å². The molecular weight excluding hydrogens is 260 g/mol. The van der Waals surface area contributed by atoms with Gasteiger partial charge in [0, 0.05) is 10.6 Å². The van der Waals surface area contributed by atoms with Gasteiger partial charge in [-0.15, -0.1) is 0 Å². The molecule has 1 atom stereocenters. The first kappa shape index (κ1) is 14.6. The fraction of sp³-hybridized carbons (Fsp3) is 0.600. The van der Waals surface area contributed by atoms with Crippen molar-refractivity contribution < 1.29 is 4.74 Å². The average molecular weight is 283 g/mol. The number of halogens is 1. The van der Waals surface area contributed by atoms with Gasteiger partial charge in [-0.1, -0.05) is 37.4 Å². The van der Waals surface area contributed by atoms with Crippen molar-refractivity contribution in [3.8, 4) is 5.75 Å². The minimum Gasteiger partial charge on any atom is -0.496 e. The summed E-state index contributed by atoms with van der Waals surface area (Å²) < 4.78 is 5.44. The molecular formula is C15H23ClN2O. The van der Waals surface area contributed by atoms with Gasteiger partial charge in [-0.05, 0) is 36.8 Å². The second kappa shape index (κ2) is 6.60. The van der Waals surface area contributed by atoms with Crippen LogP contribution in [0.4, 0.5) is 0 Å². The Labute approximate surface area is 120 Å². The SMILES string of the molecule is COc1cc(Cl)ccc1C(NN)C1CCC(C)CC1. The molecule has 0 radical (unpaired) electrons. The van der Waals surface area contributed by atoms with Crippen LogP contribution in [0.1, 0.15) is 44.2 Å². The van der Waals surface area contributed by atoms with Crippen molar-refractivity contribution in [1.82, 2.24) is 5.43 Å². The summed E-state index contributed by atoms with van der Waals surface area (Å²) in [6, 6.07) is 5.91. The Morgan fingerprint density at radius 2 is 2.00 bits per heavy atom. The number of hydrogen-bond acceptors (Lipinski definition) is 3. The number of hydrogen-bond donors (Lipinski definition) is 2. The third-order valence-electron chi connectivity index (χ3n) is 4.24. The highest BCUT2D eigenvalue weighted by molar-refractivity contribution is 6.30. The third kappa shape index (κ3) is 3.41. The summed E-state index contributed by atoms with van der Waals surface area (Å²) in [6.45, 7) is 2.32. The molecule has 2 rings (SSSR count). The Hall–Kier alpha value is -0.770. The highest BCUT2D eigenvalue weighted by atomic mass is 35.5. The van der Waals surface area contributed by atoms with Gasteiger partial charge >= 0.3 is 0 Å². The summed E-state index contributed by atoms with van der Waals surface area (Å²) in [4.78, 5) is 0. The second-order valence-corrected chi connectivity index (χ2v) is 5.99. The number of nitrogens with two attached hydrogens (primary N) is 1. The molecule has 1 saturated carbocycles. The van der Waals surface area contributed by atoms with Gasteiger partial charge in [-0.2, -0.15) is 0 Å². The molecule has 1 aromatic rings. The number of nitrogens with one attached hydrogen (secondary N) is 1. The van der Waals surface area contributed by atoms with Crippen molar-refractivity contribution in [3.05, 3.63) is 28.8 Å². The predicted octanol–water partition coefficient (Wildman–Crippen LogP) is 3.68. The highest BCUT2D eigenvalue weighted by Crippen LogP contribution is 2.39. The molecule has 3 N–H and O–H groups in total. The molecule has 1 aliphatic carbocycles. The summed E-state index contributed by atoms with van der Waals surface area (Å²) >= 11 is 6.02. The lowest BCUT2D eigenvalue weighted by atomic mass is 9.77. The van der Waals surface area contributed by atoms with Crippen LogP contribution in [0.15, 0.2) is 18.2 Å². The Bertz CT molecular complexity index is 417. The van der Waals surface area contributed by atoms with E-state index in [4.69, 9.17) is 22.2 Å². The molecule has 3 nitrogen and oxygen atoms in total. The lowest BCUT2D eigenvalue weighted by Crippen LogP contribution is -2.35. The Morgan fingerprint density at radius 1 is 1.32 bits per heavy atom. The largest absolute Gasteiger partial charge is 0.496 e. The molecule has 4 heteroatoms. The van der Waals surface area contributed by atoms with Gasteiger partial charge in [-0.25, -0.2) is 0 Å². The Morgan fingerprint density at radius 3 is 2.58 bits per heavy atom.